The molecule has 0 saturated heterocycles. The van der Waals surface area contributed by atoms with Gasteiger partial charge in [0.05, 0.1) is 11.0 Å². The van der Waals surface area contributed by atoms with E-state index >= 15 is 0 Å². The van der Waals surface area contributed by atoms with Gasteiger partial charge in [0.1, 0.15) is 0 Å². The Morgan fingerprint density at radius 1 is 0.875 bits per heavy atom. The molecule has 1 saturated carbocycles. The van der Waals surface area contributed by atoms with E-state index < -0.39 is 17.4 Å². The molecule has 0 radical (unpaired) electrons. The van der Waals surface area contributed by atoms with Crippen LogP contribution in [-0.4, -0.2) is 22.2 Å². The molecule has 0 amide bonds. The molecule has 0 aliphatic heterocycles. The van der Waals surface area contributed by atoms with Crippen molar-refractivity contribution in [2.24, 2.45) is 5.41 Å². The number of carbonyl (C=O) groups is 2. The number of carboxylic acid groups (broad SMARTS) is 2. The van der Waals surface area contributed by atoms with Gasteiger partial charge in [-0.2, -0.15) is 0 Å². The predicted octanol–water partition coefficient (Wildman–Crippen LogP) is 5.56. The van der Waals surface area contributed by atoms with Gasteiger partial charge in [0.2, 0.25) is 0 Å². The Hall–Kier alpha value is -1.32. The lowest BCUT2D eigenvalue weighted by atomic mass is 9.69. The summed E-state index contributed by atoms with van der Waals surface area (Å²) in [5.74, 6) is -1.95. The second-order valence-corrected chi connectivity index (χ2v) is 7.15. The molecule has 1 fully saturated rings. The van der Waals surface area contributed by atoms with E-state index in [1.165, 1.54) is 0 Å². The van der Waals surface area contributed by atoms with Gasteiger partial charge >= 0.3 is 11.9 Å². The van der Waals surface area contributed by atoms with Crippen molar-refractivity contribution >= 4 is 11.9 Å². The Labute approximate surface area is 146 Å². The molecular formula is C20H34O4. The Morgan fingerprint density at radius 3 is 1.96 bits per heavy atom. The first-order chi connectivity index (χ1) is 11.5. The summed E-state index contributed by atoms with van der Waals surface area (Å²) < 4.78 is 0. The van der Waals surface area contributed by atoms with E-state index in [-0.39, 0.29) is 5.57 Å². The van der Waals surface area contributed by atoms with Crippen molar-refractivity contribution in [1.29, 1.82) is 0 Å². The lowest BCUT2D eigenvalue weighted by Gasteiger charge is -2.33. The highest BCUT2D eigenvalue weighted by atomic mass is 16.4. The number of rotatable bonds is 11. The molecule has 0 aromatic carbocycles. The van der Waals surface area contributed by atoms with Crippen LogP contribution in [0.1, 0.15) is 97.3 Å². The van der Waals surface area contributed by atoms with Crippen LogP contribution in [0, 0.1) is 5.41 Å². The number of aliphatic carboxylic acids is 2. The number of carboxylic acids is 2. The zero-order valence-corrected chi connectivity index (χ0v) is 15.4. The Morgan fingerprint density at radius 2 is 1.46 bits per heavy atom. The molecule has 1 rings (SSSR count). The third kappa shape index (κ3) is 5.35. The largest absolute Gasteiger partial charge is 0.481 e. The van der Waals surface area contributed by atoms with Gasteiger partial charge in [-0.3, -0.25) is 4.79 Å². The van der Waals surface area contributed by atoms with E-state index in [1.807, 2.05) is 6.92 Å². The van der Waals surface area contributed by atoms with Gasteiger partial charge < -0.3 is 10.2 Å². The topological polar surface area (TPSA) is 74.6 Å². The first-order valence-electron chi connectivity index (χ1n) is 9.68. The molecular weight excluding hydrogens is 304 g/mol. The molecule has 4 heteroatoms. The Kier molecular flexibility index (Phi) is 9.09. The van der Waals surface area contributed by atoms with Gasteiger partial charge in [0, 0.05) is 0 Å². The molecule has 1 aliphatic rings. The van der Waals surface area contributed by atoms with E-state index in [4.69, 9.17) is 0 Å². The molecule has 1 aliphatic carbocycles. The lowest BCUT2D eigenvalue weighted by Crippen LogP contribution is -2.38. The van der Waals surface area contributed by atoms with Gasteiger partial charge in [-0.15, -0.1) is 0 Å². The number of unbranched alkanes of at least 4 members (excludes halogenated alkanes) is 4. The van der Waals surface area contributed by atoms with Crippen LogP contribution in [0.15, 0.2) is 11.1 Å². The standard InChI is InChI=1S/C20H34O4/c1-3-5-7-11-15-20(19(23)24,14-6-4-2)17(18(21)22)16-12-9-8-10-13-16/h3-15H2,1-2H3,(H,21,22)(H,23,24). The van der Waals surface area contributed by atoms with E-state index in [0.29, 0.717) is 12.8 Å². The maximum absolute atomic E-state index is 12.3. The van der Waals surface area contributed by atoms with Gasteiger partial charge in [-0.1, -0.05) is 64.4 Å². The summed E-state index contributed by atoms with van der Waals surface area (Å²) in [6.45, 7) is 4.14. The van der Waals surface area contributed by atoms with Crippen molar-refractivity contribution in [2.45, 2.75) is 97.3 Å². The number of hydrogen-bond donors (Lipinski definition) is 2. The molecule has 4 nitrogen and oxygen atoms in total. The highest BCUT2D eigenvalue weighted by Crippen LogP contribution is 2.43. The maximum atomic E-state index is 12.3. The van der Waals surface area contributed by atoms with E-state index in [2.05, 4.69) is 6.92 Å². The fourth-order valence-electron chi connectivity index (χ4n) is 3.95. The summed E-state index contributed by atoms with van der Waals surface area (Å²) in [6.07, 6.45) is 11.0. The predicted molar refractivity (Wildman–Crippen MR) is 96.1 cm³/mol. The summed E-state index contributed by atoms with van der Waals surface area (Å²) in [5.41, 5.74) is -0.0928. The molecule has 1 atom stereocenters. The quantitative estimate of drug-likeness (QED) is 0.382. The molecule has 0 spiro atoms. The van der Waals surface area contributed by atoms with Crippen molar-refractivity contribution in [3.63, 3.8) is 0 Å². The molecule has 2 N–H and O–H groups in total. The summed E-state index contributed by atoms with van der Waals surface area (Å²) >= 11 is 0. The van der Waals surface area contributed by atoms with E-state index in [9.17, 15) is 19.8 Å². The lowest BCUT2D eigenvalue weighted by molar-refractivity contribution is -0.151. The van der Waals surface area contributed by atoms with Crippen LogP contribution in [0.5, 0.6) is 0 Å². The van der Waals surface area contributed by atoms with Crippen LogP contribution in [-0.2, 0) is 9.59 Å². The first kappa shape index (κ1) is 20.7. The minimum Gasteiger partial charge on any atom is -0.481 e. The molecule has 24 heavy (non-hydrogen) atoms. The van der Waals surface area contributed by atoms with Gasteiger partial charge in [-0.25, -0.2) is 4.79 Å². The molecule has 0 aromatic heterocycles. The monoisotopic (exact) mass is 338 g/mol. The van der Waals surface area contributed by atoms with E-state index in [0.717, 1.165) is 76.2 Å². The van der Waals surface area contributed by atoms with Crippen LogP contribution < -0.4 is 0 Å². The maximum Gasteiger partial charge on any atom is 0.332 e. The number of hydrogen-bond acceptors (Lipinski definition) is 2. The molecule has 0 heterocycles. The fraction of sp³-hybridized carbons (Fsp3) is 0.800. The zero-order valence-electron chi connectivity index (χ0n) is 15.4. The highest BCUT2D eigenvalue weighted by Gasteiger charge is 2.45. The fourth-order valence-corrected chi connectivity index (χ4v) is 3.95. The SMILES string of the molecule is CCCCCCC(CCCC)(C(=O)O)C(C(=O)O)=C1CCCCC1. The second kappa shape index (κ2) is 10.5. The molecule has 0 aromatic rings. The van der Waals surface area contributed by atoms with Crippen molar-refractivity contribution in [2.75, 3.05) is 0 Å². The third-order valence-corrected chi connectivity index (χ3v) is 5.33. The summed E-state index contributed by atoms with van der Waals surface area (Å²) in [5, 5.41) is 20.0. The van der Waals surface area contributed by atoms with Crippen LogP contribution >= 0.6 is 0 Å². The Balaban J connectivity index is 3.22. The molecule has 1 unspecified atom stereocenters. The minimum atomic E-state index is -1.21. The normalized spacial score (nSPS) is 17.3. The van der Waals surface area contributed by atoms with Crippen LogP contribution in [0.2, 0.25) is 0 Å². The first-order valence-corrected chi connectivity index (χ1v) is 9.68. The third-order valence-electron chi connectivity index (χ3n) is 5.33. The van der Waals surface area contributed by atoms with Gasteiger partial charge in [0.15, 0.2) is 0 Å². The summed E-state index contributed by atoms with van der Waals surface area (Å²) in [4.78, 5) is 24.4. The minimum absolute atomic E-state index is 0.222. The smallest absolute Gasteiger partial charge is 0.332 e. The second-order valence-electron chi connectivity index (χ2n) is 7.15. The summed E-state index contributed by atoms with van der Waals surface area (Å²) in [6, 6.07) is 0. The zero-order chi connectivity index (χ0) is 18.0. The number of allylic oxidation sites excluding steroid dienone is 1. The van der Waals surface area contributed by atoms with Crippen LogP contribution in [0.4, 0.5) is 0 Å². The van der Waals surface area contributed by atoms with Crippen molar-refractivity contribution in [3.8, 4) is 0 Å². The average molecular weight is 338 g/mol. The van der Waals surface area contributed by atoms with Gasteiger partial charge in [-0.05, 0) is 38.5 Å². The van der Waals surface area contributed by atoms with E-state index in [1.54, 1.807) is 0 Å². The van der Waals surface area contributed by atoms with Crippen molar-refractivity contribution in [1.82, 2.24) is 0 Å². The van der Waals surface area contributed by atoms with Gasteiger partial charge in [0.25, 0.3) is 0 Å². The molecule has 0 bridgehead atoms. The van der Waals surface area contributed by atoms with Crippen molar-refractivity contribution in [3.05, 3.63) is 11.1 Å². The summed E-state index contributed by atoms with van der Waals surface area (Å²) in [7, 11) is 0. The van der Waals surface area contributed by atoms with Crippen LogP contribution in [0.3, 0.4) is 0 Å². The Bertz CT molecular complexity index is 445. The van der Waals surface area contributed by atoms with Crippen LogP contribution in [0.25, 0.3) is 0 Å². The van der Waals surface area contributed by atoms with Crippen molar-refractivity contribution < 1.29 is 19.8 Å². The molecule has 138 valence electrons. The average Bonchev–Trinajstić information content (AvgIpc) is 2.56. The highest BCUT2D eigenvalue weighted by molar-refractivity contribution is 5.97.